The highest BCUT2D eigenvalue weighted by Gasteiger charge is 2.34. The summed E-state index contributed by atoms with van der Waals surface area (Å²) in [5.74, 6) is 0.139. The van der Waals surface area contributed by atoms with E-state index in [0.717, 1.165) is 16.7 Å². The van der Waals surface area contributed by atoms with Crippen LogP contribution in [0, 0.1) is 13.8 Å². The summed E-state index contributed by atoms with van der Waals surface area (Å²) in [6.45, 7) is 3.86. The Hall–Kier alpha value is -3.31. The van der Waals surface area contributed by atoms with Gasteiger partial charge in [-0.3, -0.25) is 15.0 Å². The number of halogens is 1. The average Bonchev–Trinajstić information content (AvgIpc) is 3.25. The van der Waals surface area contributed by atoms with Crippen molar-refractivity contribution in [3.05, 3.63) is 82.1 Å². The van der Waals surface area contributed by atoms with E-state index in [1.54, 1.807) is 24.3 Å². The van der Waals surface area contributed by atoms with Gasteiger partial charge in [0, 0.05) is 10.6 Å². The van der Waals surface area contributed by atoms with Crippen LogP contribution in [-0.4, -0.2) is 11.8 Å². The first kappa shape index (κ1) is 18.1. The summed E-state index contributed by atoms with van der Waals surface area (Å²) in [6.07, 6.45) is 1.45. The Labute approximate surface area is 167 Å². The molecule has 0 unspecified atom stereocenters. The molecule has 2 aromatic carbocycles. The minimum atomic E-state index is -0.470. The number of nitrogens with zero attached hydrogens (tertiary/aromatic N) is 1. The van der Waals surface area contributed by atoms with Crippen LogP contribution in [0.3, 0.4) is 0 Å². The number of aryl methyl sites for hydroxylation is 1. The molecule has 1 saturated heterocycles. The molecule has 0 atom stereocenters. The third kappa shape index (κ3) is 3.21. The zero-order valence-electron chi connectivity index (χ0n) is 15.3. The third-order valence-corrected chi connectivity index (χ3v) is 5.04. The second kappa shape index (κ2) is 7.02. The van der Waals surface area contributed by atoms with Gasteiger partial charge in [0.2, 0.25) is 0 Å². The zero-order chi connectivity index (χ0) is 19.8. The SMILES string of the molecule is Cc1ccc(N2NC(=O)/C(=C/c3ccc(-c4cccc(Cl)c4C)o3)C2=O)cc1. The minimum Gasteiger partial charge on any atom is -0.457 e. The van der Waals surface area contributed by atoms with Crippen molar-refractivity contribution in [1.82, 2.24) is 5.43 Å². The first-order valence-electron chi connectivity index (χ1n) is 8.73. The highest BCUT2D eigenvalue weighted by atomic mass is 35.5. The first-order chi connectivity index (χ1) is 13.4. The largest absolute Gasteiger partial charge is 0.457 e. The minimum absolute atomic E-state index is 0.0179. The molecular formula is C22H17ClN2O3. The Bertz CT molecular complexity index is 1110. The summed E-state index contributed by atoms with van der Waals surface area (Å²) in [5, 5.41) is 1.88. The number of hydrazine groups is 1. The van der Waals surface area contributed by atoms with Gasteiger partial charge in [-0.25, -0.2) is 5.01 Å². The van der Waals surface area contributed by atoms with Crippen LogP contribution >= 0.6 is 11.6 Å². The van der Waals surface area contributed by atoms with Crippen LogP contribution in [0.4, 0.5) is 5.69 Å². The molecule has 1 N–H and O–H groups in total. The Kier molecular flexibility index (Phi) is 4.53. The Balaban J connectivity index is 1.63. The van der Waals surface area contributed by atoms with E-state index in [-0.39, 0.29) is 5.57 Å². The van der Waals surface area contributed by atoms with Gasteiger partial charge in [-0.1, -0.05) is 41.4 Å². The van der Waals surface area contributed by atoms with Crippen LogP contribution in [-0.2, 0) is 9.59 Å². The third-order valence-electron chi connectivity index (χ3n) is 4.63. The smallest absolute Gasteiger partial charge is 0.282 e. The molecule has 6 heteroatoms. The molecule has 1 aliphatic heterocycles. The number of furan rings is 1. The van der Waals surface area contributed by atoms with Crippen molar-refractivity contribution in [2.75, 3.05) is 5.01 Å². The summed E-state index contributed by atoms with van der Waals surface area (Å²) in [5.41, 5.74) is 6.03. The molecule has 0 aliphatic carbocycles. The lowest BCUT2D eigenvalue weighted by atomic mass is 10.1. The van der Waals surface area contributed by atoms with Crippen molar-refractivity contribution < 1.29 is 14.0 Å². The second-order valence-corrected chi connectivity index (χ2v) is 7.00. The molecule has 28 heavy (non-hydrogen) atoms. The standard InChI is InChI=1S/C22H17ClN2O3/c1-13-6-8-15(9-7-13)25-22(27)18(21(26)24-25)12-16-10-11-20(28-16)17-4-3-5-19(23)14(17)2/h3-12H,1-2H3,(H,24,26)/b18-12-. The predicted molar refractivity (Wildman–Crippen MR) is 109 cm³/mol. The highest BCUT2D eigenvalue weighted by molar-refractivity contribution is 6.32. The molecule has 4 rings (SSSR count). The molecule has 0 radical (unpaired) electrons. The van der Waals surface area contributed by atoms with E-state index >= 15 is 0 Å². The first-order valence-corrected chi connectivity index (χ1v) is 9.11. The number of benzene rings is 2. The predicted octanol–water partition coefficient (Wildman–Crippen LogP) is 4.68. The van der Waals surface area contributed by atoms with Crippen LogP contribution in [0.5, 0.6) is 0 Å². The van der Waals surface area contributed by atoms with E-state index < -0.39 is 11.8 Å². The van der Waals surface area contributed by atoms with Crippen molar-refractivity contribution in [2.24, 2.45) is 0 Å². The van der Waals surface area contributed by atoms with Gasteiger partial charge in [-0.05, 0) is 55.8 Å². The molecule has 140 valence electrons. The maximum Gasteiger partial charge on any atom is 0.282 e. The summed E-state index contributed by atoms with van der Waals surface area (Å²) >= 11 is 6.17. The quantitative estimate of drug-likeness (QED) is 0.520. The highest BCUT2D eigenvalue weighted by Crippen LogP contribution is 2.30. The van der Waals surface area contributed by atoms with Gasteiger partial charge < -0.3 is 4.42 Å². The van der Waals surface area contributed by atoms with E-state index in [1.165, 1.54) is 11.1 Å². The topological polar surface area (TPSA) is 62.6 Å². The van der Waals surface area contributed by atoms with Gasteiger partial charge in [0.1, 0.15) is 17.1 Å². The fraction of sp³-hybridized carbons (Fsp3) is 0.0909. The molecule has 3 aromatic rings. The molecular weight excluding hydrogens is 376 g/mol. The molecule has 1 aromatic heterocycles. The van der Waals surface area contributed by atoms with Crippen molar-refractivity contribution in [1.29, 1.82) is 0 Å². The molecule has 1 aliphatic rings. The van der Waals surface area contributed by atoms with Gasteiger partial charge >= 0.3 is 0 Å². The van der Waals surface area contributed by atoms with Crippen LogP contribution in [0.2, 0.25) is 5.02 Å². The van der Waals surface area contributed by atoms with Gasteiger partial charge in [0.25, 0.3) is 11.8 Å². The molecule has 0 saturated carbocycles. The maximum atomic E-state index is 12.7. The maximum absolute atomic E-state index is 12.7. The molecule has 5 nitrogen and oxygen atoms in total. The summed E-state index contributed by atoms with van der Waals surface area (Å²) in [7, 11) is 0. The van der Waals surface area contributed by atoms with E-state index in [4.69, 9.17) is 16.0 Å². The van der Waals surface area contributed by atoms with Gasteiger partial charge in [0.15, 0.2) is 0 Å². The number of carbonyl (C=O) groups is 2. The number of carbonyl (C=O) groups excluding carboxylic acids is 2. The number of amides is 2. The normalized spacial score (nSPS) is 15.4. The number of hydrogen-bond donors (Lipinski definition) is 1. The second-order valence-electron chi connectivity index (χ2n) is 6.59. The Morgan fingerprint density at radius 3 is 2.50 bits per heavy atom. The van der Waals surface area contributed by atoms with Crippen molar-refractivity contribution in [3.63, 3.8) is 0 Å². The van der Waals surface area contributed by atoms with Gasteiger partial charge in [-0.15, -0.1) is 0 Å². The van der Waals surface area contributed by atoms with Crippen LogP contribution in [0.15, 0.2) is 64.6 Å². The Morgan fingerprint density at radius 2 is 1.75 bits per heavy atom. The van der Waals surface area contributed by atoms with E-state index in [0.29, 0.717) is 22.2 Å². The number of nitrogens with one attached hydrogen (secondary N) is 1. The lowest BCUT2D eigenvalue weighted by Crippen LogP contribution is -2.35. The van der Waals surface area contributed by atoms with E-state index in [1.807, 2.05) is 44.2 Å². The number of hydrogen-bond acceptors (Lipinski definition) is 3. The van der Waals surface area contributed by atoms with Crippen LogP contribution in [0.1, 0.15) is 16.9 Å². The molecule has 0 bridgehead atoms. The van der Waals surface area contributed by atoms with Crippen molar-refractivity contribution >= 4 is 35.2 Å². The van der Waals surface area contributed by atoms with E-state index in [2.05, 4.69) is 5.43 Å². The Morgan fingerprint density at radius 1 is 1.00 bits per heavy atom. The summed E-state index contributed by atoms with van der Waals surface area (Å²) < 4.78 is 5.84. The van der Waals surface area contributed by atoms with Crippen molar-refractivity contribution in [2.45, 2.75) is 13.8 Å². The van der Waals surface area contributed by atoms with Gasteiger partial charge in [-0.2, -0.15) is 0 Å². The van der Waals surface area contributed by atoms with Crippen molar-refractivity contribution in [3.8, 4) is 11.3 Å². The summed E-state index contributed by atoms with van der Waals surface area (Å²) in [6, 6.07) is 16.4. The fourth-order valence-corrected chi connectivity index (χ4v) is 3.20. The average molecular weight is 393 g/mol. The molecule has 1 fully saturated rings. The fourth-order valence-electron chi connectivity index (χ4n) is 3.02. The molecule has 2 amide bonds. The zero-order valence-corrected chi connectivity index (χ0v) is 16.1. The number of rotatable bonds is 3. The van der Waals surface area contributed by atoms with E-state index in [9.17, 15) is 9.59 Å². The summed E-state index contributed by atoms with van der Waals surface area (Å²) in [4.78, 5) is 25.0. The lowest BCUT2D eigenvalue weighted by Gasteiger charge is -2.14. The lowest BCUT2D eigenvalue weighted by molar-refractivity contribution is -0.117. The van der Waals surface area contributed by atoms with Crippen LogP contribution in [0.25, 0.3) is 17.4 Å². The van der Waals surface area contributed by atoms with Gasteiger partial charge in [0.05, 0.1) is 5.69 Å². The molecule has 0 spiro atoms. The monoisotopic (exact) mass is 392 g/mol. The molecule has 2 heterocycles. The number of anilines is 1. The van der Waals surface area contributed by atoms with Crippen LogP contribution < -0.4 is 10.4 Å².